The van der Waals surface area contributed by atoms with Crippen LogP contribution >= 0.6 is 0 Å². The molecule has 7 heteroatoms. The molecule has 1 aliphatic rings. The van der Waals surface area contributed by atoms with Crippen LogP contribution in [0.2, 0.25) is 0 Å². The highest BCUT2D eigenvalue weighted by atomic mass is 32.2. The standard InChI is InChI=1S/C14H14N4O2S/c1-15-14-8-4-5-11(17-14)9-18-10-16-21(19,20)13-7-3-2-6-12(13)18/h2-8,10H,9H2,1H3,(H,15,17). The molecular weight excluding hydrogens is 288 g/mol. The van der Waals surface area contributed by atoms with E-state index in [-0.39, 0.29) is 4.90 Å². The summed E-state index contributed by atoms with van der Waals surface area (Å²) in [5.74, 6) is 0.766. The van der Waals surface area contributed by atoms with E-state index in [9.17, 15) is 8.42 Å². The molecule has 21 heavy (non-hydrogen) atoms. The Hall–Kier alpha value is -2.41. The largest absolute Gasteiger partial charge is 0.373 e. The summed E-state index contributed by atoms with van der Waals surface area (Å²) in [5.41, 5.74) is 1.44. The van der Waals surface area contributed by atoms with Crippen LogP contribution in [0.15, 0.2) is 51.8 Å². The summed E-state index contributed by atoms with van der Waals surface area (Å²) in [6, 6.07) is 12.5. The van der Waals surface area contributed by atoms with Crippen molar-refractivity contribution in [3.05, 3.63) is 48.2 Å². The average Bonchev–Trinajstić information content (AvgIpc) is 2.51. The van der Waals surface area contributed by atoms with Crippen molar-refractivity contribution in [1.29, 1.82) is 0 Å². The van der Waals surface area contributed by atoms with Crippen molar-refractivity contribution in [3.63, 3.8) is 0 Å². The maximum Gasteiger partial charge on any atom is 0.285 e. The zero-order chi connectivity index (χ0) is 14.9. The topological polar surface area (TPSA) is 74.7 Å². The summed E-state index contributed by atoms with van der Waals surface area (Å²) in [7, 11) is -1.78. The molecule has 6 nitrogen and oxygen atoms in total. The molecule has 0 saturated heterocycles. The first-order valence-corrected chi connectivity index (χ1v) is 7.84. The van der Waals surface area contributed by atoms with Gasteiger partial charge in [0.25, 0.3) is 10.0 Å². The molecule has 108 valence electrons. The summed E-state index contributed by atoms with van der Waals surface area (Å²) < 4.78 is 27.5. The average molecular weight is 302 g/mol. The van der Waals surface area contributed by atoms with E-state index in [0.717, 1.165) is 11.5 Å². The summed E-state index contributed by atoms with van der Waals surface area (Å²) in [6.07, 6.45) is 1.34. The van der Waals surface area contributed by atoms with Crippen LogP contribution in [0.5, 0.6) is 0 Å². The van der Waals surface area contributed by atoms with Crippen LogP contribution in [-0.2, 0) is 16.6 Å². The lowest BCUT2D eigenvalue weighted by molar-refractivity contribution is 0.597. The second-order valence-electron chi connectivity index (χ2n) is 4.56. The van der Waals surface area contributed by atoms with Gasteiger partial charge in [0.1, 0.15) is 17.1 Å². The fraction of sp³-hybridized carbons (Fsp3) is 0.143. The van der Waals surface area contributed by atoms with E-state index in [1.165, 1.54) is 6.34 Å². The number of para-hydroxylation sites is 1. The first-order chi connectivity index (χ1) is 10.1. The third-order valence-corrected chi connectivity index (χ3v) is 4.45. The molecule has 3 rings (SSSR count). The normalized spacial score (nSPS) is 15.6. The van der Waals surface area contributed by atoms with Crippen LogP contribution in [0.1, 0.15) is 5.69 Å². The zero-order valence-electron chi connectivity index (χ0n) is 11.4. The Labute approximate surface area is 123 Å². The van der Waals surface area contributed by atoms with Gasteiger partial charge in [-0.05, 0) is 24.3 Å². The molecule has 0 spiro atoms. The third kappa shape index (κ3) is 2.59. The monoisotopic (exact) mass is 302 g/mol. The molecule has 1 aromatic heterocycles. The van der Waals surface area contributed by atoms with Crippen LogP contribution in [-0.4, -0.2) is 26.8 Å². The molecule has 0 radical (unpaired) electrons. The second-order valence-corrected chi connectivity index (χ2v) is 6.16. The van der Waals surface area contributed by atoms with E-state index in [1.807, 2.05) is 18.2 Å². The van der Waals surface area contributed by atoms with Crippen molar-refractivity contribution in [3.8, 4) is 0 Å². The van der Waals surface area contributed by atoms with Crippen molar-refractivity contribution in [1.82, 2.24) is 4.98 Å². The molecule has 0 atom stereocenters. The fourth-order valence-electron chi connectivity index (χ4n) is 2.16. The molecule has 1 N–H and O–H groups in total. The summed E-state index contributed by atoms with van der Waals surface area (Å²) in [4.78, 5) is 6.43. The quantitative estimate of drug-likeness (QED) is 0.936. The molecule has 1 aliphatic heterocycles. The molecule has 0 aliphatic carbocycles. The number of fused-ring (bicyclic) bond motifs is 1. The van der Waals surface area contributed by atoms with Gasteiger partial charge in [0.2, 0.25) is 0 Å². The molecule has 0 unspecified atom stereocenters. The van der Waals surface area contributed by atoms with Crippen LogP contribution in [0.4, 0.5) is 11.5 Å². The highest BCUT2D eigenvalue weighted by molar-refractivity contribution is 7.90. The minimum absolute atomic E-state index is 0.220. The van der Waals surface area contributed by atoms with E-state index >= 15 is 0 Å². The Bertz CT molecular complexity index is 802. The Morgan fingerprint density at radius 1 is 1.14 bits per heavy atom. The van der Waals surface area contributed by atoms with Crippen LogP contribution < -0.4 is 10.2 Å². The fourth-order valence-corrected chi connectivity index (χ4v) is 3.21. The van der Waals surface area contributed by atoms with Crippen LogP contribution in [0.25, 0.3) is 0 Å². The number of nitrogens with zero attached hydrogens (tertiary/aromatic N) is 3. The highest BCUT2D eigenvalue weighted by Gasteiger charge is 2.24. The molecule has 0 amide bonds. The van der Waals surface area contributed by atoms with Crippen molar-refractivity contribution in [2.75, 3.05) is 17.3 Å². The number of benzene rings is 1. The zero-order valence-corrected chi connectivity index (χ0v) is 12.2. The second kappa shape index (κ2) is 5.17. The predicted octanol–water partition coefficient (Wildman–Crippen LogP) is 1.86. The summed E-state index contributed by atoms with van der Waals surface area (Å²) in [5, 5.41) is 2.98. The van der Waals surface area contributed by atoms with Crippen molar-refractivity contribution >= 4 is 27.9 Å². The molecular formula is C14H14N4O2S. The highest BCUT2D eigenvalue weighted by Crippen LogP contribution is 2.30. The van der Waals surface area contributed by atoms with Crippen LogP contribution in [0, 0.1) is 0 Å². The first kappa shape index (κ1) is 13.6. The summed E-state index contributed by atoms with van der Waals surface area (Å²) >= 11 is 0. The molecule has 0 bridgehead atoms. The minimum Gasteiger partial charge on any atom is -0.373 e. The lowest BCUT2D eigenvalue weighted by atomic mass is 10.2. The number of aromatic nitrogens is 1. The Morgan fingerprint density at radius 2 is 1.95 bits per heavy atom. The number of rotatable bonds is 3. The first-order valence-electron chi connectivity index (χ1n) is 6.40. The molecule has 0 saturated carbocycles. The van der Waals surface area contributed by atoms with Gasteiger partial charge in [0.15, 0.2) is 0 Å². The van der Waals surface area contributed by atoms with Gasteiger partial charge < -0.3 is 10.2 Å². The Balaban J connectivity index is 1.97. The van der Waals surface area contributed by atoms with Gasteiger partial charge in [-0.3, -0.25) is 0 Å². The Morgan fingerprint density at radius 3 is 2.76 bits per heavy atom. The van der Waals surface area contributed by atoms with Gasteiger partial charge in [-0.15, -0.1) is 4.40 Å². The maximum absolute atomic E-state index is 11.9. The number of anilines is 2. The van der Waals surface area contributed by atoms with Crippen molar-refractivity contribution in [2.24, 2.45) is 4.40 Å². The Kier molecular flexibility index (Phi) is 3.34. The van der Waals surface area contributed by atoms with E-state index < -0.39 is 10.0 Å². The number of hydrogen-bond donors (Lipinski definition) is 1. The van der Waals surface area contributed by atoms with Gasteiger partial charge in [-0.2, -0.15) is 8.42 Å². The number of nitrogens with one attached hydrogen (secondary N) is 1. The van der Waals surface area contributed by atoms with E-state index in [0.29, 0.717) is 12.2 Å². The minimum atomic E-state index is -3.59. The van der Waals surface area contributed by atoms with Crippen LogP contribution in [0.3, 0.4) is 0 Å². The lowest BCUT2D eigenvalue weighted by Gasteiger charge is -2.24. The summed E-state index contributed by atoms with van der Waals surface area (Å²) in [6.45, 7) is 0.450. The van der Waals surface area contributed by atoms with Crippen molar-refractivity contribution in [2.45, 2.75) is 11.4 Å². The predicted molar refractivity (Wildman–Crippen MR) is 82.1 cm³/mol. The molecule has 1 aromatic carbocycles. The smallest absolute Gasteiger partial charge is 0.285 e. The number of sulfonamides is 1. The lowest BCUT2D eigenvalue weighted by Crippen LogP contribution is -2.27. The van der Waals surface area contributed by atoms with Gasteiger partial charge in [-0.1, -0.05) is 18.2 Å². The van der Waals surface area contributed by atoms with E-state index in [4.69, 9.17) is 0 Å². The van der Waals surface area contributed by atoms with Gasteiger partial charge in [0.05, 0.1) is 17.9 Å². The molecule has 2 heterocycles. The van der Waals surface area contributed by atoms with E-state index in [1.54, 1.807) is 36.2 Å². The van der Waals surface area contributed by atoms with E-state index in [2.05, 4.69) is 14.7 Å². The van der Waals surface area contributed by atoms with Gasteiger partial charge >= 0.3 is 0 Å². The SMILES string of the molecule is CNc1cccc(CN2C=NS(=O)(=O)c3ccccc32)n1. The molecule has 2 aromatic rings. The van der Waals surface area contributed by atoms with Crippen molar-refractivity contribution < 1.29 is 8.42 Å². The third-order valence-electron chi connectivity index (χ3n) is 3.17. The number of hydrogen-bond acceptors (Lipinski definition) is 5. The van der Waals surface area contributed by atoms with Gasteiger partial charge in [-0.25, -0.2) is 4.98 Å². The maximum atomic E-state index is 11.9. The van der Waals surface area contributed by atoms with Gasteiger partial charge in [0, 0.05) is 7.05 Å². The number of pyridine rings is 1. The molecule has 0 fully saturated rings.